The van der Waals surface area contributed by atoms with Crippen molar-refractivity contribution in [3.63, 3.8) is 0 Å². The summed E-state index contributed by atoms with van der Waals surface area (Å²) in [5.41, 5.74) is 1.33. The molecule has 3 nitrogen and oxygen atoms in total. The predicted octanol–water partition coefficient (Wildman–Crippen LogP) is 0.938. The zero-order valence-corrected chi connectivity index (χ0v) is 8.69. The molecule has 0 aliphatic rings. The molecule has 0 spiro atoms. The van der Waals surface area contributed by atoms with Crippen molar-refractivity contribution >= 4 is 0 Å². The molecule has 0 aliphatic carbocycles. The van der Waals surface area contributed by atoms with Gasteiger partial charge in [-0.1, -0.05) is 0 Å². The number of hydrogen-bond acceptors (Lipinski definition) is 3. The first-order chi connectivity index (χ1) is 6.83. The van der Waals surface area contributed by atoms with Crippen LogP contribution in [0, 0.1) is 0 Å². The van der Waals surface area contributed by atoms with Gasteiger partial charge in [-0.05, 0) is 44.1 Å². The molecule has 0 fully saturated rings. The van der Waals surface area contributed by atoms with E-state index in [1.807, 2.05) is 31.6 Å². The van der Waals surface area contributed by atoms with Gasteiger partial charge in [-0.15, -0.1) is 0 Å². The molecule has 14 heavy (non-hydrogen) atoms. The van der Waals surface area contributed by atoms with E-state index < -0.39 is 0 Å². The van der Waals surface area contributed by atoms with E-state index in [9.17, 15) is 0 Å². The predicted molar refractivity (Wildman–Crippen MR) is 57.1 cm³/mol. The third kappa shape index (κ3) is 4.35. The van der Waals surface area contributed by atoms with Gasteiger partial charge in [-0.2, -0.15) is 0 Å². The summed E-state index contributed by atoms with van der Waals surface area (Å²) < 4.78 is 0. The summed E-state index contributed by atoms with van der Waals surface area (Å²) in [6, 6.07) is 4.10. The van der Waals surface area contributed by atoms with E-state index >= 15 is 0 Å². The highest BCUT2D eigenvalue weighted by molar-refractivity contribution is 5.09. The van der Waals surface area contributed by atoms with Crippen molar-refractivity contribution in [2.75, 3.05) is 26.7 Å². The monoisotopic (exact) mass is 194 g/mol. The van der Waals surface area contributed by atoms with Crippen molar-refractivity contribution in [2.45, 2.75) is 12.8 Å². The van der Waals surface area contributed by atoms with Gasteiger partial charge in [0.1, 0.15) is 0 Å². The maximum absolute atomic E-state index is 8.70. The number of aliphatic hydroxyl groups is 1. The summed E-state index contributed by atoms with van der Waals surface area (Å²) in [7, 11) is 2.03. The van der Waals surface area contributed by atoms with Crippen molar-refractivity contribution in [1.29, 1.82) is 0 Å². The van der Waals surface area contributed by atoms with Gasteiger partial charge in [-0.3, -0.25) is 4.98 Å². The van der Waals surface area contributed by atoms with Crippen LogP contribution in [0.25, 0.3) is 0 Å². The fourth-order valence-corrected chi connectivity index (χ4v) is 1.39. The minimum Gasteiger partial charge on any atom is -0.395 e. The average molecular weight is 194 g/mol. The molecule has 0 saturated carbocycles. The highest BCUT2D eigenvalue weighted by Crippen LogP contribution is 2.01. The van der Waals surface area contributed by atoms with Gasteiger partial charge in [0.2, 0.25) is 0 Å². The Kier molecular flexibility index (Phi) is 5.19. The number of nitrogens with zero attached hydrogens (tertiary/aromatic N) is 2. The second-order valence-electron chi connectivity index (χ2n) is 3.49. The Bertz CT molecular complexity index is 238. The van der Waals surface area contributed by atoms with Gasteiger partial charge >= 0.3 is 0 Å². The number of likely N-dealkylation sites (N-methyl/N-ethyl adjacent to an activating group) is 1. The number of rotatable bonds is 6. The number of aromatic nitrogens is 1. The van der Waals surface area contributed by atoms with E-state index in [-0.39, 0.29) is 6.61 Å². The maximum Gasteiger partial charge on any atom is 0.0558 e. The van der Waals surface area contributed by atoms with Crippen LogP contribution in [0.3, 0.4) is 0 Å². The molecule has 78 valence electrons. The summed E-state index contributed by atoms with van der Waals surface area (Å²) in [5, 5.41) is 8.70. The Hall–Kier alpha value is -0.930. The standard InChI is InChI=1S/C11H18N2O/c1-13(9-10-14)8-2-3-11-4-6-12-7-5-11/h4-7,14H,2-3,8-10H2,1H3. The topological polar surface area (TPSA) is 36.4 Å². The fourth-order valence-electron chi connectivity index (χ4n) is 1.39. The highest BCUT2D eigenvalue weighted by atomic mass is 16.3. The molecule has 0 radical (unpaired) electrons. The zero-order valence-electron chi connectivity index (χ0n) is 8.69. The van der Waals surface area contributed by atoms with Crippen molar-refractivity contribution in [1.82, 2.24) is 9.88 Å². The van der Waals surface area contributed by atoms with Crippen LogP contribution in [-0.2, 0) is 6.42 Å². The van der Waals surface area contributed by atoms with E-state index in [2.05, 4.69) is 9.88 Å². The van der Waals surface area contributed by atoms with Gasteiger partial charge in [0.15, 0.2) is 0 Å². The summed E-state index contributed by atoms with van der Waals surface area (Å²) in [6.07, 6.45) is 5.86. The summed E-state index contributed by atoms with van der Waals surface area (Å²) >= 11 is 0. The summed E-state index contributed by atoms with van der Waals surface area (Å²) in [5.74, 6) is 0. The molecule has 0 atom stereocenters. The zero-order chi connectivity index (χ0) is 10.2. The maximum atomic E-state index is 8.70. The highest BCUT2D eigenvalue weighted by Gasteiger charge is 1.97. The van der Waals surface area contributed by atoms with Crippen LogP contribution in [0.2, 0.25) is 0 Å². The number of hydrogen-bond donors (Lipinski definition) is 1. The lowest BCUT2D eigenvalue weighted by Gasteiger charge is -2.14. The second kappa shape index (κ2) is 6.51. The third-order valence-electron chi connectivity index (χ3n) is 2.24. The van der Waals surface area contributed by atoms with Gasteiger partial charge in [0.25, 0.3) is 0 Å². The summed E-state index contributed by atoms with van der Waals surface area (Å²) in [6.45, 7) is 2.03. The van der Waals surface area contributed by atoms with Crippen LogP contribution in [-0.4, -0.2) is 41.7 Å². The lowest BCUT2D eigenvalue weighted by molar-refractivity contribution is 0.220. The lowest BCUT2D eigenvalue weighted by atomic mass is 10.1. The van der Waals surface area contributed by atoms with E-state index in [1.54, 1.807) is 0 Å². The van der Waals surface area contributed by atoms with Crippen LogP contribution in [0.1, 0.15) is 12.0 Å². The number of aryl methyl sites for hydroxylation is 1. The molecule has 0 bridgehead atoms. The fraction of sp³-hybridized carbons (Fsp3) is 0.545. The van der Waals surface area contributed by atoms with E-state index in [4.69, 9.17) is 5.11 Å². The third-order valence-corrected chi connectivity index (χ3v) is 2.24. The normalized spacial score (nSPS) is 10.8. The Morgan fingerprint density at radius 2 is 2.00 bits per heavy atom. The Balaban J connectivity index is 2.16. The van der Waals surface area contributed by atoms with E-state index in [0.29, 0.717) is 0 Å². The lowest BCUT2D eigenvalue weighted by Crippen LogP contribution is -2.23. The molecule has 3 heteroatoms. The smallest absolute Gasteiger partial charge is 0.0558 e. The molecule has 1 rings (SSSR count). The van der Waals surface area contributed by atoms with Gasteiger partial charge in [-0.25, -0.2) is 0 Å². The van der Waals surface area contributed by atoms with Gasteiger partial charge < -0.3 is 10.0 Å². The minimum atomic E-state index is 0.242. The molecule has 0 amide bonds. The molecule has 1 N–H and O–H groups in total. The van der Waals surface area contributed by atoms with Crippen molar-refractivity contribution in [2.24, 2.45) is 0 Å². The van der Waals surface area contributed by atoms with Crippen LogP contribution in [0.15, 0.2) is 24.5 Å². The SMILES string of the molecule is CN(CCO)CCCc1ccncc1. The van der Waals surface area contributed by atoms with Crippen LogP contribution < -0.4 is 0 Å². The van der Waals surface area contributed by atoms with Crippen LogP contribution >= 0.6 is 0 Å². The largest absolute Gasteiger partial charge is 0.395 e. The number of aliphatic hydroxyl groups excluding tert-OH is 1. The molecule has 0 saturated heterocycles. The minimum absolute atomic E-state index is 0.242. The molecule has 0 unspecified atom stereocenters. The van der Waals surface area contributed by atoms with Crippen molar-refractivity contribution < 1.29 is 5.11 Å². The van der Waals surface area contributed by atoms with Crippen LogP contribution in [0.4, 0.5) is 0 Å². The summed E-state index contributed by atoms with van der Waals surface area (Å²) in [4.78, 5) is 6.11. The molecule has 1 heterocycles. The van der Waals surface area contributed by atoms with Crippen LogP contribution in [0.5, 0.6) is 0 Å². The second-order valence-corrected chi connectivity index (χ2v) is 3.49. The Morgan fingerprint density at radius 1 is 1.29 bits per heavy atom. The number of pyridine rings is 1. The van der Waals surface area contributed by atoms with Gasteiger partial charge in [0.05, 0.1) is 6.61 Å². The molecular weight excluding hydrogens is 176 g/mol. The molecule has 0 aliphatic heterocycles. The molecule has 1 aromatic heterocycles. The van der Waals surface area contributed by atoms with Crippen molar-refractivity contribution in [3.05, 3.63) is 30.1 Å². The van der Waals surface area contributed by atoms with Crippen molar-refractivity contribution in [3.8, 4) is 0 Å². The van der Waals surface area contributed by atoms with Gasteiger partial charge in [0, 0.05) is 18.9 Å². The van der Waals surface area contributed by atoms with E-state index in [1.165, 1.54) is 5.56 Å². The molecule has 1 aromatic rings. The first-order valence-corrected chi connectivity index (χ1v) is 5.01. The molecular formula is C11H18N2O. The first-order valence-electron chi connectivity index (χ1n) is 5.01. The first kappa shape index (κ1) is 11.1. The molecule has 0 aromatic carbocycles. The quantitative estimate of drug-likeness (QED) is 0.732. The average Bonchev–Trinajstić information content (AvgIpc) is 2.20. The van der Waals surface area contributed by atoms with E-state index in [0.717, 1.165) is 25.9 Å². The Labute approximate surface area is 85.4 Å². The Morgan fingerprint density at radius 3 is 2.64 bits per heavy atom.